The number of carbonyl (C=O) groups excluding carboxylic acids is 1. The topological polar surface area (TPSA) is 107 Å². The van der Waals surface area contributed by atoms with Gasteiger partial charge in [-0.1, -0.05) is 24.3 Å². The van der Waals surface area contributed by atoms with Crippen LogP contribution in [0.5, 0.6) is 5.75 Å². The lowest BCUT2D eigenvalue weighted by Gasteiger charge is -2.08. The number of esters is 1. The van der Waals surface area contributed by atoms with Gasteiger partial charge in [0.05, 0.1) is 9.13 Å². The second-order valence-electron chi connectivity index (χ2n) is 4.74. The second kappa shape index (κ2) is 7.93. The quantitative estimate of drug-likeness (QED) is 0.417. The van der Waals surface area contributed by atoms with E-state index in [1.165, 1.54) is 0 Å². The zero-order valence-electron chi connectivity index (χ0n) is 11.9. The fraction of sp³-hybridized carbons (Fsp3) is 0.125. The first-order chi connectivity index (χ1) is 11.0. The van der Waals surface area contributed by atoms with E-state index in [1.807, 2.05) is 0 Å². The Labute approximate surface area is 142 Å². The van der Waals surface area contributed by atoms with Crippen LogP contribution in [0.25, 0.3) is 0 Å². The molecule has 7 heteroatoms. The van der Waals surface area contributed by atoms with E-state index < -0.39 is 39.2 Å². The Morgan fingerprint density at radius 2 is 1.78 bits per heavy atom. The maximum absolute atomic E-state index is 12.1. The molecule has 0 radical (unpaired) electrons. The molecule has 0 aliphatic rings. The van der Waals surface area contributed by atoms with E-state index in [1.54, 1.807) is 48.5 Å². The predicted octanol–water partition coefficient (Wildman–Crippen LogP) is 2.35. The van der Waals surface area contributed by atoms with Crippen molar-refractivity contribution in [2.24, 2.45) is 5.73 Å². The molecule has 120 valence electrons. The molecule has 0 fully saturated rings. The Morgan fingerprint density at radius 1 is 1.13 bits per heavy atom. The maximum Gasteiger partial charge on any atom is 0.344 e. The number of carboxylic acids is 1. The lowest BCUT2D eigenvalue weighted by molar-refractivity contribution is -0.138. The molecule has 0 aliphatic heterocycles. The van der Waals surface area contributed by atoms with Gasteiger partial charge in [0.25, 0.3) is 0 Å². The van der Waals surface area contributed by atoms with Crippen molar-refractivity contribution in [1.82, 2.24) is 0 Å². The van der Waals surface area contributed by atoms with Gasteiger partial charge in [0.1, 0.15) is 11.8 Å². The first kappa shape index (κ1) is 17.2. The van der Waals surface area contributed by atoms with Crippen LogP contribution >= 0.6 is 21.2 Å². The molecule has 0 unspecified atom stereocenters. The molecule has 0 heterocycles. The Balaban J connectivity index is 2.07. The maximum atomic E-state index is 12.1. The van der Waals surface area contributed by atoms with Gasteiger partial charge in [0, 0.05) is 0 Å². The minimum Gasteiger partial charge on any atom is -0.480 e. The zero-order valence-corrected chi connectivity index (χ0v) is 14.1. The number of aliphatic carboxylic acids is 1. The van der Waals surface area contributed by atoms with Gasteiger partial charge in [-0.25, -0.2) is 4.79 Å². The lowest BCUT2D eigenvalue weighted by atomic mass is 10.1. The van der Waals surface area contributed by atoms with Crippen molar-refractivity contribution in [2.45, 2.75) is 12.5 Å². The molecule has 2 rings (SSSR count). The van der Waals surface area contributed by atoms with Crippen LogP contribution in [0.2, 0.25) is 0 Å². The normalized spacial score (nSPS) is 11.7. The van der Waals surface area contributed by atoms with Gasteiger partial charge in [-0.05, 0) is 36.2 Å². The van der Waals surface area contributed by atoms with E-state index in [2.05, 4.69) is 0 Å². The summed E-state index contributed by atoms with van der Waals surface area (Å²) in [6.45, 7) is 0. The van der Waals surface area contributed by atoms with Gasteiger partial charge in [0.15, 0.2) is 21.2 Å². The van der Waals surface area contributed by atoms with E-state index in [4.69, 9.17) is 15.6 Å². The van der Waals surface area contributed by atoms with Crippen LogP contribution in [0.15, 0.2) is 48.5 Å². The molecule has 0 aliphatic carbocycles. The van der Waals surface area contributed by atoms with Gasteiger partial charge in [-0.15, -0.1) is 0 Å². The average molecular weight is 427 g/mol. The fourth-order valence-corrected chi connectivity index (χ4v) is 2.88. The number of ether oxygens (including phenoxy) is 1. The largest absolute Gasteiger partial charge is 0.480 e. The highest BCUT2D eigenvalue weighted by molar-refractivity contribution is 14.1. The van der Waals surface area contributed by atoms with Crippen LogP contribution in [-0.2, 0) is 14.3 Å². The average Bonchev–Trinajstić information content (AvgIpc) is 2.56. The summed E-state index contributed by atoms with van der Waals surface area (Å²) in [7, 11) is 0. The first-order valence-electron chi connectivity index (χ1n) is 6.67. The van der Waals surface area contributed by atoms with E-state index in [-0.39, 0.29) is 12.0 Å². The molecular formula is C16H14INO5. The Bertz CT molecular complexity index is 730. The number of rotatable bonds is 6. The number of hydrogen-bond donors (Lipinski definition) is 2. The summed E-state index contributed by atoms with van der Waals surface area (Å²) in [5.74, 6) is -1.33. The molecule has 0 aromatic heterocycles. The Morgan fingerprint density at radius 3 is 2.39 bits per heavy atom. The van der Waals surface area contributed by atoms with E-state index in [0.717, 1.165) is 5.56 Å². The summed E-state index contributed by atoms with van der Waals surface area (Å²) in [5.41, 5.74) is 6.48. The van der Waals surface area contributed by atoms with Crippen LogP contribution in [0.4, 0.5) is 0 Å². The van der Waals surface area contributed by atoms with Crippen LogP contribution in [0.1, 0.15) is 15.9 Å². The van der Waals surface area contributed by atoms with Crippen molar-refractivity contribution in [2.75, 3.05) is 0 Å². The first-order valence-corrected chi connectivity index (χ1v) is 8.63. The molecule has 0 bridgehead atoms. The number of hydrogen-bond acceptors (Lipinski definition) is 5. The van der Waals surface area contributed by atoms with Gasteiger partial charge in [-0.3, -0.25) is 7.86 Å². The molecule has 0 saturated carbocycles. The van der Waals surface area contributed by atoms with Gasteiger partial charge in [0.2, 0.25) is 0 Å². The second-order valence-corrected chi connectivity index (χ2v) is 6.34. The van der Waals surface area contributed by atoms with Gasteiger partial charge in [-0.2, -0.15) is 0 Å². The molecule has 2 aromatic carbocycles. The molecule has 23 heavy (non-hydrogen) atoms. The Hall–Kier alpha value is -2.13. The van der Waals surface area contributed by atoms with Gasteiger partial charge < -0.3 is 15.6 Å². The molecule has 0 saturated heterocycles. The van der Waals surface area contributed by atoms with Crippen molar-refractivity contribution in [3.63, 3.8) is 0 Å². The summed E-state index contributed by atoms with van der Waals surface area (Å²) in [4.78, 5) is 22.8. The van der Waals surface area contributed by atoms with Crippen LogP contribution < -0.4 is 10.5 Å². The monoisotopic (exact) mass is 427 g/mol. The molecule has 3 N–H and O–H groups in total. The lowest BCUT2D eigenvalue weighted by Crippen LogP contribution is -2.32. The van der Waals surface area contributed by atoms with Crippen molar-refractivity contribution in [3.05, 3.63) is 63.2 Å². The highest BCUT2D eigenvalue weighted by atomic mass is 127. The minimum atomic E-state index is -1.46. The zero-order chi connectivity index (χ0) is 16.8. The number of carboxylic acid groups (broad SMARTS) is 1. The number of carbonyl (C=O) groups is 2. The molecule has 0 spiro atoms. The molecular weight excluding hydrogens is 413 g/mol. The van der Waals surface area contributed by atoms with Crippen LogP contribution in [0.3, 0.4) is 0 Å². The summed E-state index contributed by atoms with van der Waals surface area (Å²) < 4.78 is 16.9. The molecule has 0 amide bonds. The van der Waals surface area contributed by atoms with Crippen molar-refractivity contribution >= 4 is 33.1 Å². The third-order valence-corrected chi connectivity index (χ3v) is 4.50. The molecule has 2 aromatic rings. The number of benzene rings is 2. The summed E-state index contributed by atoms with van der Waals surface area (Å²) >= 11 is -1.46. The number of halogens is 1. The van der Waals surface area contributed by atoms with E-state index in [0.29, 0.717) is 9.32 Å². The third kappa shape index (κ3) is 4.67. The van der Waals surface area contributed by atoms with Crippen molar-refractivity contribution in [1.29, 1.82) is 0 Å². The van der Waals surface area contributed by atoms with E-state index in [9.17, 15) is 12.7 Å². The highest BCUT2D eigenvalue weighted by Crippen LogP contribution is 2.19. The minimum absolute atomic E-state index is 0.188. The van der Waals surface area contributed by atoms with Crippen molar-refractivity contribution < 1.29 is 22.5 Å². The smallest absolute Gasteiger partial charge is 0.344 e. The van der Waals surface area contributed by atoms with Gasteiger partial charge >= 0.3 is 11.9 Å². The predicted molar refractivity (Wildman–Crippen MR) is 90.6 cm³/mol. The van der Waals surface area contributed by atoms with Crippen LogP contribution in [-0.4, -0.2) is 23.1 Å². The fourth-order valence-electron chi connectivity index (χ4n) is 1.89. The van der Waals surface area contributed by atoms with E-state index >= 15 is 0 Å². The standard InChI is InChI=1S/C16H14INO5/c18-14(15(19)20)9-10-5-7-11(8-6-10)23-16(21)12-3-1-2-4-13(12)17-22/h1-8,14H,9,18H2,(H,19,20)/t14-/m0/s1. The third-order valence-electron chi connectivity index (χ3n) is 3.08. The number of nitrogens with two attached hydrogens (primary N) is 1. The van der Waals surface area contributed by atoms with Crippen molar-refractivity contribution in [3.8, 4) is 5.75 Å². The highest BCUT2D eigenvalue weighted by Gasteiger charge is 2.15. The summed E-state index contributed by atoms with van der Waals surface area (Å²) in [6.07, 6.45) is 0.188. The summed E-state index contributed by atoms with van der Waals surface area (Å²) in [6, 6.07) is 12.0. The SMILES string of the molecule is N[C@@H](Cc1ccc(OC(=O)c2ccccc2I=O)cc1)C(=O)O. The van der Waals surface area contributed by atoms with Crippen LogP contribution in [0, 0.1) is 3.57 Å². The molecule has 1 atom stereocenters. The Kier molecular flexibility index (Phi) is 5.94. The molecule has 6 nitrogen and oxygen atoms in total. The summed E-state index contributed by atoms with van der Waals surface area (Å²) in [5, 5.41) is 8.78.